The monoisotopic (exact) mass is 413 g/mol. The van der Waals surface area contributed by atoms with Crippen LogP contribution in [0.25, 0.3) is 0 Å². The van der Waals surface area contributed by atoms with E-state index >= 15 is 0 Å². The Balaban J connectivity index is 1.92. The molecular weight excluding hydrogens is 394 g/mol. The van der Waals surface area contributed by atoms with Gasteiger partial charge in [-0.3, -0.25) is 4.79 Å². The minimum atomic E-state index is -3.51. The second-order valence-electron chi connectivity index (χ2n) is 5.72. The summed E-state index contributed by atoms with van der Waals surface area (Å²) in [5, 5.41) is 4.06. The molecule has 0 aliphatic carbocycles. The van der Waals surface area contributed by atoms with Crippen molar-refractivity contribution in [2.75, 3.05) is 19.8 Å². The van der Waals surface area contributed by atoms with E-state index in [2.05, 4.69) is 10.3 Å². The van der Waals surface area contributed by atoms with Gasteiger partial charge >= 0.3 is 0 Å². The molecule has 1 heterocycles. The highest BCUT2D eigenvalue weighted by atomic mass is 35.5. The first-order valence-corrected chi connectivity index (χ1v) is 10.6. The van der Waals surface area contributed by atoms with E-state index in [0.29, 0.717) is 10.0 Å². The number of nitrogens with one attached hydrogen (secondary N) is 1. The molecule has 2 rings (SSSR count). The summed E-state index contributed by atoms with van der Waals surface area (Å²) in [6.07, 6.45) is 1.29. The standard InChI is InChI=1S/C17H20ClN3O3S2/c1-12(14-6-4-5-7-15(14)18)20-16(22)11-25-17-9-8-13(10-19-17)26(23,24)21(2)3/h4-10,12H,11H2,1-3H3,(H,20,22)/t12-/m0/s1. The van der Waals surface area contributed by atoms with Crippen LogP contribution in [0, 0.1) is 0 Å². The molecule has 1 atom stereocenters. The van der Waals surface area contributed by atoms with Crippen molar-refractivity contribution in [3.63, 3.8) is 0 Å². The SMILES string of the molecule is C[C@H](NC(=O)CSc1ccc(S(=O)(=O)N(C)C)cn1)c1ccccc1Cl. The molecule has 6 nitrogen and oxygen atoms in total. The van der Waals surface area contributed by atoms with Gasteiger partial charge in [-0.25, -0.2) is 17.7 Å². The molecule has 26 heavy (non-hydrogen) atoms. The van der Waals surface area contributed by atoms with Gasteiger partial charge in [0.15, 0.2) is 0 Å². The number of amides is 1. The largest absolute Gasteiger partial charge is 0.349 e. The van der Waals surface area contributed by atoms with Crippen molar-refractivity contribution in [3.8, 4) is 0 Å². The van der Waals surface area contributed by atoms with Gasteiger partial charge in [0.25, 0.3) is 0 Å². The van der Waals surface area contributed by atoms with E-state index in [0.717, 1.165) is 9.87 Å². The molecule has 0 fully saturated rings. The maximum absolute atomic E-state index is 12.1. The van der Waals surface area contributed by atoms with Crippen molar-refractivity contribution in [3.05, 3.63) is 53.2 Å². The molecule has 0 saturated carbocycles. The molecule has 0 spiro atoms. The highest BCUT2D eigenvalue weighted by molar-refractivity contribution is 7.99. The summed E-state index contributed by atoms with van der Waals surface area (Å²) in [6, 6.07) is 10.2. The van der Waals surface area contributed by atoms with Gasteiger partial charge in [0, 0.05) is 25.3 Å². The molecular formula is C17H20ClN3O3S2. The lowest BCUT2D eigenvalue weighted by Gasteiger charge is -2.15. The van der Waals surface area contributed by atoms with Crippen LogP contribution in [-0.2, 0) is 14.8 Å². The number of hydrogen-bond donors (Lipinski definition) is 1. The van der Waals surface area contributed by atoms with Gasteiger partial charge in [-0.05, 0) is 30.7 Å². The Bertz CT molecular complexity index is 871. The first-order valence-electron chi connectivity index (χ1n) is 7.77. The van der Waals surface area contributed by atoms with E-state index in [1.807, 2.05) is 25.1 Å². The Morgan fingerprint density at radius 2 is 1.96 bits per heavy atom. The van der Waals surface area contributed by atoms with Crippen molar-refractivity contribution >= 4 is 39.3 Å². The van der Waals surface area contributed by atoms with Crippen LogP contribution in [0.15, 0.2) is 52.5 Å². The number of rotatable bonds is 7. The zero-order valence-corrected chi connectivity index (χ0v) is 17.0. The van der Waals surface area contributed by atoms with Crippen molar-refractivity contribution in [1.29, 1.82) is 0 Å². The van der Waals surface area contributed by atoms with E-state index < -0.39 is 10.0 Å². The third-order valence-corrected chi connectivity index (χ3v) is 6.67. The van der Waals surface area contributed by atoms with Crippen LogP contribution in [0.3, 0.4) is 0 Å². The summed E-state index contributed by atoms with van der Waals surface area (Å²) in [7, 11) is -0.584. The minimum absolute atomic E-state index is 0.114. The Labute approximate surface area is 163 Å². The molecule has 0 unspecified atom stereocenters. The third kappa shape index (κ3) is 5.20. The number of aromatic nitrogens is 1. The molecule has 1 aromatic carbocycles. The topological polar surface area (TPSA) is 79.4 Å². The Morgan fingerprint density at radius 3 is 2.54 bits per heavy atom. The van der Waals surface area contributed by atoms with Gasteiger partial charge in [0.2, 0.25) is 15.9 Å². The molecule has 1 amide bonds. The Morgan fingerprint density at radius 1 is 1.27 bits per heavy atom. The zero-order valence-electron chi connectivity index (χ0n) is 14.6. The molecule has 0 aliphatic rings. The van der Waals surface area contributed by atoms with Crippen molar-refractivity contribution < 1.29 is 13.2 Å². The summed E-state index contributed by atoms with van der Waals surface area (Å²) >= 11 is 7.36. The fraction of sp³-hybridized carbons (Fsp3) is 0.294. The number of halogens is 1. The summed E-state index contributed by atoms with van der Waals surface area (Å²) in [6.45, 7) is 1.86. The summed E-state index contributed by atoms with van der Waals surface area (Å²) in [4.78, 5) is 16.3. The maximum Gasteiger partial charge on any atom is 0.244 e. The number of carbonyl (C=O) groups excluding carboxylic acids is 1. The highest BCUT2D eigenvalue weighted by Gasteiger charge is 2.18. The molecule has 0 aliphatic heterocycles. The van der Waals surface area contributed by atoms with E-state index in [-0.39, 0.29) is 22.6 Å². The predicted octanol–water partition coefficient (Wildman–Crippen LogP) is 2.95. The van der Waals surface area contributed by atoms with Crippen LogP contribution >= 0.6 is 23.4 Å². The van der Waals surface area contributed by atoms with Crippen LogP contribution in [0.2, 0.25) is 5.02 Å². The summed E-state index contributed by atoms with van der Waals surface area (Å²) in [5.41, 5.74) is 0.851. The van der Waals surface area contributed by atoms with Gasteiger partial charge < -0.3 is 5.32 Å². The normalized spacial score (nSPS) is 12.8. The average molecular weight is 414 g/mol. The molecule has 2 aromatic rings. The fourth-order valence-electron chi connectivity index (χ4n) is 2.14. The quantitative estimate of drug-likeness (QED) is 0.706. The number of benzene rings is 1. The summed E-state index contributed by atoms with van der Waals surface area (Å²) < 4.78 is 25.1. The number of pyridine rings is 1. The molecule has 9 heteroatoms. The number of thioether (sulfide) groups is 1. The molecule has 140 valence electrons. The first kappa shape index (κ1) is 20.7. The van der Waals surface area contributed by atoms with Gasteiger partial charge in [-0.1, -0.05) is 41.6 Å². The molecule has 1 N–H and O–H groups in total. The third-order valence-electron chi connectivity index (χ3n) is 3.59. The molecule has 0 saturated heterocycles. The summed E-state index contributed by atoms with van der Waals surface area (Å²) in [5.74, 6) is 0.0101. The van der Waals surface area contributed by atoms with E-state index in [1.165, 1.54) is 38.1 Å². The van der Waals surface area contributed by atoms with E-state index in [4.69, 9.17) is 11.6 Å². The zero-order chi connectivity index (χ0) is 19.3. The first-order chi connectivity index (χ1) is 12.2. The lowest BCUT2D eigenvalue weighted by molar-refractivity contribution is -0.119. The van der Waals surface area contributed by atoms with Crippen LogP contribution in [0.4, 0.5) is 0 Å². The number of nitrogens with zero attached hydrogens (tertiary/aromatic N) is 2. The van der Waals surface area contributed by atoms with Gasteiger partial charge in [0.1, 0.15) is 4.90 Å². The van der Waals surface area contributed by atoms with Crippen LogP contribution < -0.4 is 5.32 Å². The average Bonchev–Trinajstić information content (AvgIpc) is 2.60. The van der Waals surface area contributed by atoms with Crippen LogP contribution in [0.5, 0.6) is 0 Å². The second kappa shape index (κ2) is 8.85. The number of hydrogen-bond acceptors (Lipinski definition) is 5. The van der Waals surface area contributed by atoms with Crippen LogP contribution in [0.1, 0.15) is 18.5 Å². The van der Waals surface area contributed by atoms with Crippen molar-refractivity contribution in [2.45, 2.75) is 22.9 Å². The molecule has 0 bridgehead atoms. The van der Waals surface area contributed by atoms with E-state index in [9.17, 15) is 13.2 Å². The van der Waals surface area contributed by atoms with Gasteiger partial charge in [-0.15, -0.1) is 0 Å². The van der Waals surface area contributed by atoms with Gasteiger partial charge in [0.05, 0.1) is 16.8 Å². The minimum Gasteiger partial charge on any atom is -0.349 e. The maximum atomic E-state index is 12.1. The van der Waals surface area contributed by atoms with Crippen molar-refractivity contribution in [2.24, 2.45) is 0 Å². The molecule has 1 aromatic heterocycles. The second-order valence-corrected chi connectivity index (χ2v) is 9.27. The smallest absolute Gasteiger partial charge is 0.244 e. The predicted molar refractivity (Wildman–Crippen MR) is 104 cm³/mol. The highest BCUT2D eigenvalue weighted by Crippen LogP contribution is 2.23. The lowest BCUT2D eigenvalue weighted by atomic mass is 10.1. The molecule has 0 radical (unpaired) electrons. The number of carbonyl (C=O) groups is 1. The fourth-order valence-corrected chi connectivity index (χ4v) is 3.94. The van der Waals surface area contributed by atoms with Crippen LogP contribution in [-0.4, -0.2) is 43.5 Å². The number of sulfonamides is 1. The lowest BCUT2D eigenvalue weighted by Crippen LogP contribution is -2.28. The van der Waals surface area contributed by atoms with Crippen molar-refractivity contribution in [1.82, 2.24) is 14.6 Å². The Kier molecular flexibility index (Phi) is 7.05. The van der Waals surface area contributed by atoms with Gasteiger partial charge in [-0.2, -0.15) is 0 Å². The van der Waals surface area contributed by atoms with E-state index in [1.54, 1.807) is 12.1 Å². The Hall–Kier alpha value is -1.61.